The van der Waals surface area contributed by atoms with Gasteiger partial charge >= 0.3 is 0 Å². The lowest BCUT2D eigenvalue weighted by Crippen LogP contribution is -2.61. The predicted octanol–water partition coefficient (Wildman–Crippen LogP) is 6.43. The molecule has 0 bridgehead atoms. The van der Waals surface area contributed by atoms with Crippen molar-refractivity contribution in [3.63, 3.8) is 0 Å². The minimum atomic E-state index is -0.657. The second-order valence-corrected chi connectivity index (χ2v) is 19.0. The molecule has 12 heteroatoms. The summed E-state index contributed by atoms with van der Waals surface area (Å²) < 4.78 is 19.5. The number of carbonyl (C=O) groups is 4. The maximum atomic E-state index is 13.7. The zero-order valence-electron chi connectivity index (χ0n) is 35.0. The Labute approximate surface area is 361 Å². The molecule has 2 spiro atoms. The quantitative estimate of drug-likeness (QED) is 0.212. The van der Waals surface area contributed by atoms with Crippen molar-refractivity contribution in [2.24, 2.45) is 5.41 Å². The minimum Gasteiger partial charge on any atom is -0.492 e. The second-order valence-electron chi connectivity index (χ2n) is 19.0. The molecular formula is C50H52FN5O6. The smallest absolute Gasteiger partial charge is 0.255 e. The molecule has 3 atom stereocenters. The number of amides is 4. The summed E-state index contributed by atoms with van der Waals surface area (Å²) in [6, 6.07) is 28.7. The summed E-state index contributed by atoms with van der Waals surface area (Å²) in [5.74, 6) is 0.845. The van der Waals surface area contributed by atoms with Crippen molar-refractivity contribution >= 4 is 29.3 Å². The maximum Gasteiger partial charge on any atom is 0.255 e. The summed E-state index contributed by atoms with van der Waals surface area (Å²) in [5, 5.41) is 2.38. The average Bonchev–Trinajstić information content (AvgIpc) is 3.82. The molecule has 4 saturated heterocycles. The summed E-state index contributed by atoms with van der Waals surface area (Å²) in [4.78, 5) is 63.9. The van der Waals surface area contributed by atoms with Gasteiger partial charge < -0.3 is 19.4 Å². The first-order valence-corrected chi connectivity index (χ1v) is 22.5. The van der Waals surface area contributed by atoms with Gasteiger partial charge in [-0.1, -0.05) is 54.6 Å². The molecule has 4 amide bonds. The van der Waals surface area contributed by atoms with E-state index in [1.165, 1.54) is 22.4 Å². The molecule has 0 radical (unpaired) electrons. The van der Waals surface area contributed by atoms with Crippen LogP contribution >= 0.6 is 0 Å². The Morgan fingerprint density at radius 3 is 2.35 bits per heavy atom. The van der Waals surface area contributed by atoms with Gasteiger partial charge in [0, 0.05) is 76.3 Å². The van der Waals surface area contributed by atoms with Gasteiger partial charge in [-0.05, 0) is 117 Å². The Morgan fingerprint density at radius 1 is 0.839 bits per heavy atom. The van der Waals surface area contributed by atoms with Crippen LogP contribution in [0.4, 0.5) is 10.2 Å². The Hall–Kier alpha value is -5.75. The van der Waals surface area contributed by atoms with Gasteiger partial charge in [-0.3, -0.25) is 34.3 Å². The van der Waals surface area contributed by atoms with Crippen LogP contribution in [0.3, 0.4) is 0 Å². The first-order chi connectivity index (χ1) is 30.2. The number of nitrogens with zero attached hydrogens (tertiary/aromatic N) is 4. The summed E-state index contributed by atoms with van der Waals surface area (Å²) in [6.45, 7) is 6.47. The van der Waals surface area contributed by atoms with Crippen molar-refractivity contribution in [1.29, 1.82) is 0 Å². The van der Waals surface area contributed by atoms with Crippen LogP contribution < -0.4 is 19.9 Å². The van der Waals surface area contributed by atoms with Crippen LogP contribution in [-0.2, 0) is 32.8 Å². The number of nitrogens with one attached hydrogen (secondary N) is 1. The van der Waals surface area contributed by atoms with Crippen LogP contribution in [0.5, 0.6) is 11.5 Å². The Balaban J connectivity index is 0.678. The number of ether oxygens (including phenoxy) is 1. The zero-order chi connectivity index (χ0) is 42.2. The molecule has 6 heterocycles. The van der Waals surface area contributed by atoms with E-state index < -0.39 is 11.9 Å². The Morgan fingerprint density at radius 2 is 1.61 bits per heavy atom. The van der Waals surface area contributed by atoms with Gasteiger partial charge in [0.05, 0.1) is 19.7 Å². The van der Waals surface area contributed by atoms with Crippen LogP contribution in [0.2, 0.25) is 0 Å². The SMILES string of the molecule is O=C1CCC(N2Cc3c(ccc4c3OCC43CCN(CC(=O)N4CCC5(CC4)CN(c4ccc([C@@H]6c7ccc(OF)cc7CC[C@@H]6c6ccccc6)cc4)C5)CC3)C2=O)C(=O)N1. The molecule has 4 aromatic carbocycles. The highest BCUT2D eigenvalue weighted by molar-refractivity contribution is 6.05. The van der Waals surface area contributed by atoms with E-state index in [1.807, 2.05) is 24.3 Å². The van der Waals surface area contributed by atoms with Gasteiger partial charge in [0.25, 0.3) is 5.91 Å². The van der Waals surface area contributed by atoms with Crippen molar-refractivity contribution in [2.75, 3.05) is 57.3 Å². The molecule has 1 unspecified atom stereocenters. The first-order valence-electron chi connectivity index (χ1n) is 22.5. The fourth-order valence-electron chi connectivity index (χ4n) is 12.0. The molecule has 320 valence electrons. The summed E-state index contributed by atoms with van der Waals surface area (Å²) >= 11 is 0. The topological polar surface area (TPSA) is 112 Å². The van der Waals surface area contributed by atoms with E-state index in [2.05, 4.69) is 79.6 Å². The Bertz CT molecular complexity index is 2440. The van der Waals surface area contributed by atoms with Crippen LogP contribution in [0, 0.1) is 5.41 Å². The van der Waals surface area contributed by atoms with Crippen molar-refractivity contribution in [2.45, 2.75) is 81.2 Å². The van der Waals surface area contributed by atoms with E-state index in [9.17, 15) is 23.7 Å². The number of imide groups is 1. The number of anilines is 1. The molecule has 4 fully saturated rings. The van der Waals surface area contributed by atoms with Crippen molar-refractivity contribution in [1.82, 2.24) is 20.0 Å². The van der Waals surface area contributed by atoms with E-state index in [0.717, 1.165) is 100 Å². The number of benzene rings is 4. The maximum absolute atomic E-state index is 13.7. The third-order valence-corrected chi connectivity index (χ3v) is 15.6. The number of likely N-dealkylation sites (tertiary alicyclic amines) is 2. The fraction of sp³-hybridized carbons (Fsp3) is 0.440. The monoisotopic (exact) mass is 837 g/mol. The van der Waals surface area contributed by atoms with Gasteiger partial charge in [-0.15, -0.1) is 0 Å². The number of hydrogen-bond donors (Lipinski definition) is 1. The first kappa shape index (κ1) is 39.1. The fourth-order valence-corrected chi connectivity index (χ4v) is 12.0. The number of fused-ring (bicyclic) bond motifs is 5. The normalized spacial score (nSPS) is 24.9. The van der Waals surface area contributed by atoms with Crippen LogP contribution in [-0.4, -0.2) is 96.8 Å². The second kappa shape index (κ2) is 15.3. The van der Waals surface area contributed by atoms with Gasteiger partial charge in [-0.2, -0.15) is 0 Å². The largest absolute Gasteiger partial charge is 0.492 e. The van der Waals surface area contributed by atoms with Crippen LogP contribution in [0.1, 0.15) is 101 Å². The van der Waals surface area contributed by atoms with Crippen molar-refractivity contribution in [3.8, 4) is 11.5 Å². The number of carbonyl (C=O) groups excluding carboxylic acids is 4. The van der Waals surface area contributed by atoms with Crippen LogP contribution in [0.15, 0.2) is 84.9 Å². The summed E-state index contributed by atoms with van der Waals surface area (Å²) in [5.41, 5.74) is 8.85. The van der Waals surface area contributed by atoms with E-state index >= 15 is 0 Å². The highest BCUT2D eigenvalue weighted by Crippen LogP contribution is 2.51. The lowest BCUT2D eigenvalue weighted by molar-refractivity contribution is -0.137. The van der Waals surface area contributed by atoms with Gasteiger partial charge in [-0.25, -0.2) is 0 Å². The van der Waals surface area contributed by atoms with Crippen LogP contribution in [0.25, 0.3) is 0 Å². The van der Waals surface area contributed by atoms with Crippen molar-refractivity contribution in [3.05, 3.63) is 124 Å². The predicted molar refractivity (Wildman–Crippen MR) is 230 cm³/mol. The highest BCUT2D eigenvalue weighted by atomic mass is 19.3. The lowest BCUT2D eigenvalue weighted by atomic mass is 9.69. The van der Waals surface area contributed by atoms with E-state index in [-0.39, 0.29) is 46.6 Å². The van der Waals surface area contributed by atoms with E-state index in [1.54, 1.807) is 11.0 Å². The zero-order valence-corrected chi connectivity index (χ0v) is 35.0. The number of rotatable bonds is 7. The molecule has 6 aliphatic heterocycles. The summed E-state index contributed by atoms with van der Waals surface area (Å²) in [6.07, 6.45) is 6.19. The lowest BCUT2D eigenvalue weighted by Gasteiger charge is -2.55. The average molecular weight is 838 g/mol. The molecular weight excluding hydrogens is 786 g/mol. The van der Waals surface area contributed by atoms with E-state index in [0.29, 0.717) is 37.6 Å². The highest BCUT2D eigenvalue weighted by Gasteiger charge is 2.49. The molecule has 7 aliphatic rings. The molecule has 11 nitrogen and oxygen atoms in total. The minimum absolute atomic E-state index is 0.161. The molecule has 62 heavy (non-hydrogen) atoms. The number of halogens is 1. The standard InChI is InChI=1S/C50H52FN5O6/c51-62-36-11-13-38-34(26-36)8-12-37(32-4-2-1-3-5-32)45(38)33-6-9-35(10-7-33)55-29-49(30-55)18-24-54(25-19-49)44(58)28-53-22-20-50(21-23-53)31-61-46-40-27-56(42-16-17-43(57)52-47(42)59)48(60)39(40)14-15-41(46)50/h1-7,9-11,13-15,26,37,42,45H,8,12,16-25,27-31H2,(H,52,57,59)/t37-,42?,45+/m1/s1. The van der Waals surface area contributed by atoms with Crippen molar-refractivity contribution < 1.29 is 33.4 Å². The number of piperidine rings is 3. The molecule has 1 N–H and O–H groups in total. The number of hydrogen-bond acceptors (Lipinski definition) is 8. The molecule has 11 rings (SSSR count). The molecule has 0 aromatic heterocycles. The molecule has 1 aliphatic carbocycles. The summed E-state index contributed by atoms with van der Waals surface area (Å²) in [7, 11) is 0. The third kappa shape index (κ3) is 6.64. The van der Waals surface area contributed by atoms with Gasteiger partial charge in [0.2, 0.25) is 17.7 Å². The third-order valence-electron chi connectivity index (χ3n) is 15.6. The Kier molecular flexibility index (Phi) is 9.62. The molecule has 0 saturated carbocycles. The van der Waals surface area contributed by atoms with Gasteiger partial charge in [0.15, 0.2) is 5.75 Å². The molecule has 4 aromatic rings. The van der Waals surface area contributed by atoms with E-state index in [4.69, 9.17) is 4.74 Å². The number of aryl methyl sites for hydroxylation is 1. The van der Waals surface area contributed by atoms with Gasteiger partial charge in [0.1, 0.15) is 11.8 Å².